The van der Waals surface area contributed by atoms with Gasteiger partial charge in [0.05, 0.1) is 21.1 Å². The largest absolute Gasteiger partial charge is 0.437 e. The molecule has 168 valence electrons. The van der Waals surface area contributed by atoms with Crippen LogP contribution in [0.2, 0.25) is 10.0 Å². The molecule has 0 atom stereocenters. The summed E-state index contributed by atoms with van der Waals surface area (Å²) >= 11 is 12.8. The number of rotatable bonds is 4. The van der Waals surface area contributed by atoms with Gasteiger partial charge in [-0.25, -0.2) is 8.91 Å². The lowest BCUT2D eigenvalue weighted by molar-refractivity contribution is 0.449. The van der Waals surface area contributed by atoms with Crippen LogP contribution in [0.1, 0.15) is 5.56 Å². The molecule has 34 heavy (non-hydrogen) atoms. The lowest BCUT2D eigenvalue weighted by atomic mass is 10.0. The minimum absolute atomic E-state index is 0.213. The molecule has 0 unspecified atom stereocenters. The number of fused-ring (bicyclic) bond motifs is 1. The Morgan fingerprint density at radius 1 is 0.971 bits per heavy atom. The van der Waals surface area contributed by atoms with Crippen molar-refractivity contribution in [1.29, 1.82) is 0 Å². The predicted molar refractivity (Wildman–Crippen MR) is 129 cm³/mol. The van der Waals surface area contributed by atoms with Crippen LogP contribution in [0.25, 0.3) is 27.8 Å². The molecule has 3 aromatic heterocycles. The van der Waals surface area contributed by atoms with Gasteiger partial charge in [0.25, 0.3) is 5.56 Å². The number of aryl methyl sites for hydroxylation is 1. The molecule has 0 fully saturated rings. The van der Waals surface area contributed by atoms with Gasteiger partial charge in [0.2, 0.25) is 5.88 Å². The van der Waals surface area contributed by atoms with Crippen molar-refractivity contribution < 1.29 is 9.13 Å². The highest BCUT2D eigenvalue weighted by Crippen LogP contribution is 2.38. The molecule has 0 aliphatic rings. The summed E-state index contributed by atoms with van der Waals surface area (Å²) in [6.45, 7) is 1.74. The van der Waals surface area contributed by atoms with Crippen molar-refractivity contribution >= 4 is 28.7 Å². The molecule has 6 nitrogen and oxygen atoms in total. The fourth-order valence-corrected chi connectivity index (χ4v) is 4.23. The van der Waals surface area contributed by atoms with Gasteiger partial charge in [-0.3, -0.25) is 9.78 Å². The van der Waals surface area contributed by atoms with E-state index in [1.807, 2.05) is 0 Å². The smallest absolute Gasteiger partial charge is 0.281 e. The Morgan fingerprint density at radius 2 is 1.71 bits per heavy atom. The van der Waals surface area contributed by atoms with Gasteiger partial charge in [0.15, 0.2) is 0 Å². The second-order valence-corrected chi connectivity index (χ2v) is 8.28. The fourth-order valence-electron chi connectivity index (χ4n) is 3.64. The maximum Gasteiger partial charge on any atom is 0.281 e. The number of ether oxygens (including phenoxy) is 1. The summed E-state index contributed by atoms with van der Waals surface area (Å²) in [6.07, 6.45) is 4.57. The van der Waals surface area contributed by atoms with E-state index in [0.29, 0.717) is 38.0 Å². The van der Waals surface area contributed by atoms with Gasteiger partial charge >= 0.3 is 0 Å². The number of hydrogen-bond donors (Lipinski definition) is 0. The van der Waals surface area contributed by atoms with Crippen molar-refractivity contribution in [3.63, 3.8) is 0 Å². The second kappa shape index (κ2) is 8.85. The maximum absolute atomic E-state index is 13.6. The number of nitrogens with zero attached hydrogens (tertiary/aromatic N) is 4. The summed E-state index contributed by atoms with van der Waals surface area (Å²) in [6, 6.07) is 14.6. The molecule has 0 saturated carbocycles. The topological polar surface area (TPSA) is 69.4 Å². The SMILES string of the molecule is Cc1cc(F)ccc1Oc1nn2cnc(=O)c(-c3c(Cl)cccc3Cl)c2cc1-c1ccncc1. The van der Waals surface area contributed by atoms with Crippen LogP contribution in [0, 0.1) is 12.7 Å². The molecule has 0 radical (unpaired) electrons. The highest BCUT2D eigenvalue weighted by Gasteiger charge is 2.20. The average molecular weight is 493 g/mol. The molecular weight excluding hydrogens is 478 g/mol. The number of aromatic nitrogens is 4. The zero-order valence-corrected chi connectivity index (χ0v) is 19.2. The van der Waals surface area contributed by atoms with Gasteiger partial charge in [0, 0.05) is 23.5 Å². The molecule has 0 bridgehead atoms. The molecule has 0 saturated heterocycles. The molecule has 0 amide bonds. The van der Waals surface area contributed by atoms with Gasteiger partial charge in [0.1, 0.15) is 17.9 Å². The minimum Gasteiger partial charge on any atom is -0.437 e. The van der Waals surface area contributed by atoms with Crippen LogP contribution in [-0.4, -0.2) is 19.6 Å². The van der Waals surface area contributed by atoms with Crippen LogP contribution in [0.3, 0.4) is 0 Å². The Hall–Kier alpha value is -3.81. The van der Waals surface area contributed by atoms with E-state index in [9.17, 15) is 9.18 Å². The molecule has 0 aliphatic carbocycles. The van der Waals surface area contributed by atoms with Crippen molar-refractivity contribution in [2.24, 2.45) is 0 Å². The van der Waals surface area contributed by atoms with Gasteiger partial charge < -0.3 is 4.74 Å². The van der Waals surface area contributed by atoms with Crippen LogP contribution in [-0.2, 0) is 0 Å². The fraction of sp³-hybridized carbons (Fsp3) is 0.0400. The number of halogens is 3. The molecular formula is C25H15Cl2FN4O2. The second-order valence-electron chi connectivity index (χ2n) is 7.46. The number of benzene rings is 2. The summed E-state index contributed by atoms with van der Waals surface area (Å²) in [5.74, 6) is 0.301. The summed E-state index contributed by atoms with van der Waals surface area (Å²) in [5, 5.41) is 5.21. The Kier molecular flexibility index (Phi) is 5.73. The maximum atomic E-state index is 13.6. The first-order valence-corrected chi connectivity index (χ1v) is 10.9. The van der Waals surface area contributed by atoms with Crippen molar-refractivity contribution in [3.8, 4) is 33.9 Å². The van der Waals surface area contributed by atoms with Crippen LogP contribution in [0.15, 0.2) is 78.1 Å². The molecule has 5 rings (SSSR count). The lowest BCUT2D eigenvalue weighted by Gasteiger charge is -2.15. The van der Waals surface area contributed by atoms with E-state index in [4.69, 9.17) is 27.9 Å². The van der Waals surface area contributed by atoms with E-state index in [-0.39, 0.29) is 17.3 Å². The first kappa shape index (κ1) is 22.0. The van der Waals surface area contributed by atoms with E-state index in [1.54, 1.807) is 55.7 Å². The third kappa shape index (κ3) is 4.00. The standard InChI is InChI=1S/C25H15Cl2FN4O2/c1-14-11-16(28)5-6-21(14)34-25-17(15-7-9-29-10-8-15)12-20-23(24(33)30-13-32(20)31-25)22-18(26)3-2-4-19(22)27/h2-13H,1H3. The quantitative estimate of drug-likeness (QED) is 0.291. The van der Waals surface area contributed by atoms with Crippen LogP contribution >= 0.6 is 23.2 Å². The lowest BCUT2D eigenvalue weighted by Crippen LogP contribution is -2.14. The Balaban J connectivity index is 1.80. The highest BCUT2D eigenvalue weighted by atomic mass is 35.5. The van der Waals surface area contributed by atoms with Crippen molar-refractivity contribution in [2.45, 2.75) is 6.92 Å². The molecule has 5 aromatic rings. The summed E-state index contributed by atoms with van der Waals surface area (Å²) < 4.78 is 21.1. The van der Waals surface area contributed by atoms with E-state index in [2.05, 4.69) is 15.1 Å². The van der Waals surface area contributed by atoms with Gasteiger partial charge in [-0.2, -0.15) is 4.98 Å². The van der Waals surface area contributed by atoms with E-state index in [1.165, 1.54) is 29.0 Å². The third-order valence-corrected chi connectivity index (χ3v) is 5.89. The summed E-state index contributed by atoms with van der Waals surface area (Å²) in [5.41, 5.74) is 2.45. The monoisotopic (exact) mass is 492 g/mol. The summed E-state index contributed by atoms with van der Waals surface area (Å²) in [4.78, 5) is 20.9. The zero-order valence-electron chi connectivity index (χ0n) is 17.7. The van der Waals surface area contributed by atoms with Gasteiger partial charge in [-0.15, -0.1) is 5.10 Å². The Labute approximate surface area is 203 Å². The molecule has 0 aliphatic heterocycles. The van der Waals surface area contributed by atoms with E-state index in [0.717, 1.165) is 5.56 Å². The van der Waals surface area contributed by atoms with Crippen LogP contribution < -0.4 is 10.3 Å². The first-order valence-electron chi connectivity index (χ1n) is 10.1. The van der Waals surface area contributed by atoms with Gasteiger partial charge in [-0.05, 0) is 66.6 Å². The predicted octanol–water partition coefficient (Wildman–Crippen LogP) is 6.37. The number of hydrogen-bond acceptors (Lipinski definition) is 5. The Morgan fingerprint density at radius 3 is 2.41 bits per heavy atom. The van der Waals surface area contributed by atoms with Gasteiger partial charge in [-0.1, -0.05) is 29.3 Å². The molecule has 2 aromatic carbocycles. The first-order chi connectivity index (χ1) is 16.4. The average Bonchev–Trinajstić information content (AvgIpc) is 2.82. The zero-order chi connectivity index (χ0) is 23.8. The molecule has 0 spiro atoms. The molecule has 9 heteroatoms. The van der Waals surface area contributed by atoms with E-state index >= 15 is 0 Å². The Bertz CT molecular complexity index is 1590. The third-order valence-electron chi connectivity index (χ3n) is 5.26. The minimum atomic E-state index is -0.500. The molecule has 0 N–H and O–H groups in total. The summed E-state index contributed by atoms with van der Waals surface area (Å²) in [7, 11) is 0. The van der Waals surface area contributed by atoms with Crippen molar-refractivity contribution in [2.75, 3.05) is 0 Å². The number of pyridine rings is 1. The van der Waals surface area contributed by atoms with Crippen molar-refractivity contribution in [3.05, 3.63) is 105 Å². The van der Waals surface area contributed by atoms with Crippen LogP contribution in [0.4, 0.5) is 4.39 Å². The van der Waals surface area contributed by atoms with E-state index < -0.39 is 5.56 Å². The normalized spacial score (nSPS) is 11.1. The highest BCUT2D eigenvalue weighted by molar-refractivity contribution is 6.39. The van der Waals surface area contributed by atoms with Crippen molar-refractivity contribution in [1.82, 2.24) is 19.6 Å². The van der Waals surface area contributed by atoms with Crippen LogP contribution in [0.5, 0.6) is 11.6 Å². The molecule has 3 heterocycles.